The summed E-state index contributed by atoms with van der Waals surface area (Å²) in [5, 5.41) is 0. The molecule has 0 saturated carbocycles. The van der Waals surface area contributed by atoms with Crippen molar-refractivity contribution in [3.05, 3.63) is 59.7 Å². The van der Waals surface area contributed by atoms with E-state index in [0.717, 1.165) is 16.8 Å². The Morgan fingerprint density at radius 2 is 1.23 bits per heavy atom. The first-order valence-corrected chi connectivity index (χ1v) is 6.55. The molecule has 0 aliphatic carbocycles. The van der Waals surface area contributed by atoms with Gasteiger partial charge in [0.15, 0.2) is 0 Å². The minimum Gasteiger partial charge on any atom is -0.497 e. The number of benzene rings is 2. The number of methoxy groups -OCH3 is 1. The van der Waals surface area contributed by atoms with Gasteiger partial charge in [0.1, 0.15) is 18.0 Å². The molecule has 0 spiro atoms. The number of ether oxygens (including phenoxy) is 1. The van der Waals surface area contributed by atoms with E-state index >= 15 is 0 Å². The summed E-state index contributed by atoms with van der Waals surface area (Å²) in [7, 11) is 6.18. The summed E-state index contributed by atoms with van der Waals surface area (Å²) >= 11 is 0. The third kappa shape index (κ3) is 9.92. The van der Waals surface area contributed by atoms with Crippen molar-refractivity contribution in [1.82, 2.24) is 4.48 Å². The molecule has 0 unspecified atom stereocenters. The van der Waals surface area contributed by atoms with E-state index in [2.05, 4.69) is 57.4 Å². The molecule has 0 aliphatic rings. The molecule has 0 amide bonds. The molecular formula is C17H28F6NOSb+. The number of hydrogen-bond donors (Lipinski definition) is 0. The van der Waals surface area contributed by atoms with Crippen LogP contribution in [0.5, 0.6) is 5.75 Å². The predicted molar refractivity (Wildman–Crippen MR) is 102 cm³/mol. The number of para-hydroxylation sites is 1. The van der Waals surface area contributed by atoms with Crippen LogP contribution in [0.15, 0.2) is 48.5 Å². The molecule has 0 heterocycles. The topological polar surface area (TPSA) is 9.23 Å². The van der Waals surface area contributed by atoms with Crippen molar-refractivity contribution >= 4 is 30.1 Å². The molecule has 0 aliphatic heterocycles. The molecule has 2 rings (SSSR count). The standard InChI is InChI=1S/C17H22NO.6FH.Sb/c1-14-7-5-6-8-17(14)18(2,3)13-15-9-11-16(19-4)12-10-15;;;;;;;/h5-12H,13H2,1-4H3;6*1H;/q+1;;;;;;;. The summed E-state index contributed by atoms with van der Waals surface area (Å²) in [5.74, 6) is 0.907. The number of quaternary nitrogens is 1. The molecule has 0 fully saturated rings. The Balaban J connectivity index is -0.000000143. The van der Waals surface area contributed by atoms with E-state index in [9.17, 15) is 0 Å². The van der Waals surface area contributed by atoms with Gasteiger partial charge in [-0.25, -0.2) is 0 Å². The number of rotatable bonds is 4. The van der Waals surface area contributed by atoms with Gasteiger partial charge in [-0.2, -0.15) is 0 Å². The van der Waals surface area contributed by atoms with E-state index in [1.807, 2.05) is 12.1 Å². The predicted octanol–water partition coefficient (Wildman–Crippen LogP) is 4.30. The molecule has 0 atom stereocenters. The maximum atomic E-state index is 5.20. The van der Waals surface area contributed by atoms with Crippen molar-refractivity contribution in [2.24, 2.45) is 0 Å². The summed E-state index contributed by atoms with van der Waals surface area (Å²) in [5.41, 5.74) is 4.01. The monoisotopic (exact) mass is 497 g/mol. The number of halogens is 6. The first-order valence-electron chi connectivity index (χ1n) is 6.55. The fourth-order valence-corrected chi connectivity index (χ4v) is 2.52. The second-order valence-electron chi connectivity index (χ2n) is 5.48. The summed E-state index contributed by atoms with van der Waals surface area (Å²) in [4.78, 5) is 0. The van der Waals surface area contributed by atoms with Crippen molar-refractivity contribution in [2.75, 3.05) is 21.2 Å². The van der Waals surface area contributed by atoms with Gasteiger partial charge in [0.25, 0.3) is 0 Å². The van der Waals surface area contributed by atoms with Gasteiger partial charge >= 0.3 is 0 Å². The van der Waals surface area contributed by atoms with Crippen molar-refractivity contribution in [2.45, 2.75) is 13.5 Å². The van der Waals surface area contributed by atoms with Crippen molar-refractivity contribution in [1.29, 1.82) is 0 Å². The zero-order valence-electron chi connectivity index (χ0n) is 15.1. The summed E-state index contributed by atoms with van der Waals surface area (Å²) in [6, 6.07) is 16.9. The molecule has 2 aromatic rings. The van der Waals surface area contributed by atoms with Crippen LogP contribution < -0.4 is 9.22 Å². The van der Waals surface area contributed by atoms with E-state index in [0.29, 0.717) is 0 Å². The van der Waals surface area contributed by atoms with E-state index in [1.165, 1.54) is 16.8 Å². The second kappa shape index (κ2) is 17.0. The smallest absolute Gasteiger partial charge is 0.135 e. The van der Waals surface area contributed by atoms with Crippen LogP contribution in [-0.4, -0.2) is 45.6 Å². The van der Waals surface area contributed by atoms with Crippen molar-refractivity contribution < 1.29 is 33.0 Å². The Labute approximate surface area is 167 Å². The van der Waals surface area contributed by atoms with Gasteiger partial charge < -0.3 is 4.74 Å². The van der Waals surface area contributed by atoms with E-state index in [4.69, 9.17) is 4.74 Å². The minimum atomic E-state index is 0. The molecule has 3 radical (unpaired) electrons. The van der Waals surface area contributed by atoms with Gasteiger partial charge in [0, 0.05) is 35.6 Å². The van der Waals surface area contributed by atoms with E-state index < -0.39 is 0 Å². The molecule has 9 heteroatoms. The summed E-state index contributed by atoms with van der Waals surface area (Å²) in [6.45, 7) is 3.14. The molecule has 0 N–H and O–H groups in total. The maximum Gasteiger partial charge on any atom is 0.135 e. The average molecular weight is 498 g/mol. The van der Waals surface area contributed by atoms with Crippen molar-refractivity contribution in [3.63, 3.8) is 0 Å². The zero-order chi connectivity index (χ0) is 13.9. The maximum absolute atomic E-state index is 5.20. The Hall–Kier alpha value is -1.40. The van der Waals surface area contributed by atoms with Crippen LogP contribution in [0.1, 0.15) is 11.1 Å². The van der Waals surface area contributed by atoms with Gasteiger partial charge in [-0.1, -0.05) is 18.2 Å². The Bertz CT molecular complexity index is 569. The van der Waals surface area contributed by atoms with E-state index in [1.54, 1.807) is 7.11 Å². The van der Waals surface area contributed by atoms with Gasteiger partial charge in [-0.3, -0.25) is 32.7 Å². The minimum absolute atomic E-state index is 0. The largest absolute Gasteiger partial charge is 0.497 e. The summed E-state index contributed by atoms with van der Waals surface area (Å²) < 4.78 is 6.04. The van der Waals surface area contributed by atoms with Crippen LogP contribution in [0.4, 0.5) is 33.9 Å². The van der Waals surface area contributed by atoms with Gasteiger partial charge in [-0.15, -0.1) is 0 Å². The van der Waals surface area contributed by atoms with Crippen LogP contribution in [-0.2, 0) is 6.54 Å². The SMILES string of the molecule is COc1ccc(C[N+](C)(C)c2ccccc2C)cc1.F.F.F.F.F.F.[Sb]. The Morgan fingerprint density at radius 1 is 0.769 bits per heavy atom. The molecule has 2 aromatic carbocycles. The number of nitrogens with zero attached hydrogens (tertiary/aromatic N) is 1. The molecular weight excluding hydrogens is 470 g/mol. The molecule has 153 valence electrons. The van der Waals surface area contributed by atoms with Crippen LogP contribution in [0, 0.1) is 6.92 Å². The van der Waals surface area contributed by atoms with E-state index in [-0.39, 0.29) is 52.7 Å². The van der Waals surface area contributed by atoms with Crippen LogP contribution in [0.25, 0.3) is 0 Å². The molecule has 26 heavy (non-hydrogen) atoms. The van der Waals surface area contributed by atoms with Crippen LogP contribution >= 0.6 is 0 Å². The fraction of sp³-hybridized carbons (Fsp3) is 0.294. The molecule has 2 nitrogen and oxygen atoms in total. The zero-order valence-corrected chi connectivity index (χ0v) is 17.6. The Kier molecular flexibility index (Phi) is 25.9. The van der Waals surface area contributed by atoms with Gasteiger partial charge in [0.05, 0.1) is 21.2 Å². The van der Waals surface area contributed by atoms with Gasteiger partial charge in [-0.05, 0) is 37.3 Å². The fourth-order valence-electron chi connectivity index (χ4n) is 2.52. The molecule has 0 saturated heterocycles. The van der Waals surface area contributed by atoms with Crippen LogP contribution in [0.3, 0.4) is 0 Å². The average Bonchev–Trinajstić information content (AvgIpc) is 2.39. The third-order valence-corrected chi connectivity index (χ3v) is 3.50. The molecule has 0 bridgehead atoms. The quantitative estimate of drug-likeness (QED) is 0.347. The molecule has 0 aromatic heterocycles. The number of aryl methyl sites for hydroxylation is 1. The third-order valence-electron chi connectivity index (χ3n) is 3.50. The van der Waals surface area contributed by atoms with Crippen LogP contribution in [0.2, 0.25) is 0 Å². The second-order valence-corrected chi connectivity index (χ2v) is 5.48. The normalized spacial score (nSPS) is 8.31. The first-order chi connectivity index (χ1) is 9.03. The first kappa shape index (κ1) is 39.6. The Morgan fingerprint density at radius 3 is 1.65 bits per heavy atom. The number of hydrogen-bond acceptors (Lipinski definition) is 1. The van der Waals surface area contributed by atoms with Crippen molar-refractivity contribution in [3.8, 4) is 5.75 Å². The van der Waals surface area contributed by atoms with Gasteiger partial charge in [0.2, 0.25) is 0 Å². The summed E-state index contributed by atoms with van der Waals surface area (Å²) in [6.07, 6.45) is 0.